The van der Waals surface area contributed by atoms with E-state index in [4.69, 9.17) is 5.11 Å². The molecule has 0 aliphatic heterocycles. The molecule has 0 atom stereocenters. The van der Waals surface area contributed by atoms with Crippen LogP contribution in [-0.2, 0) is 11.8 Å². The number of aromatic nitrogens is 2. The van der Waals surface area contributed by atoms with Crippen LogP contribution in [0.5, 0.6) is 0 Å². The summed E-state index contributed by atoms with van der Waals surface area (Å²) in [6, 6.07) is 1.61. The van der Waals surface area contributed by atoms with Crippen molar-refractivity contribution in [2.24, 2.45) is 7.05 Å². The second-order valence-electron chi connectivity index (χ2n) is 2.26. The largest absolute Gasteiger partial charge is 0.478 e. The van der Waals surface area contributed by atoms with Crippen LogP contribution in [0.1, 0.15) is 5.69 Å². The lowest BCUT2D eigenvalue weighted by molar-refractivity contribution is -0.130. The Kier molecular flexibility index (Phi) is 2.32. The van der Waals surface area contributed by atoms with Crippen LogP contribution in [-0.4, -0.2) is 20.9 Å². The van der Waals surface area contributed by atoms with Gasteiger partial charge in [-0.1, -0.05) is 6.58 Å². The summed E-state index contributed by atoms with van der Waals surface area (Å²) in [6.07, 6.45) is 0. The van der Waals surface area contributed by atoms with Crippen LogP contribution in [0.4, 0.5) is 0 Å². The molecule has 12 heavy (non-hydrogen) atoms. The fraction of sp³-hybridized carbons (Fsp3) is 0.143. The van der Waals surface area contributed by atoms with E-state index in [1.54, 1.807) is 13.1 Å². The lowest BCUT2D eigenvalue weighted by Crippen LogP contribution is -2.03. The molecule has 1 aromatic rings. The van der Waals surface area contributed by atoms with Crippen LogP contribution >= 0.6 is 15.9 Å². The molecular formula is C7H7BrN2O2. The fourth-order valence-corrected chi connectivity index (χ4v) is 1.28. The fourth-order valence-electron chi connectivity index (χ4n) is 0.824. The zero-order valence-corrected chi connectivity index (χ0v) is 8.00. The van der Waals surface area contributed by atoms with Crippen molar-refractivity contribution in [3.05, 3.63) is 22.9 Å². The first-order chi connectivity index (χ1) is 5.52. The lowest BCUT2D eigenvalue weighted by atomic mass is 10.2. The maximum absolute atomic E-state index is 10.5. The zero-order valence-electron chi connectivity index (χ0n) is 6.41. The lowest BCUT2D eigenvalue weighted by Gasteiger charge is -1.98. The predicted octanol–water partition coefficient (Wildman–Crippen LogP) is 1.28. The molecule has 0 amide bonds. The first kappa shape index (κ1) is 8.99. The van der Waals surface area contributed by atoms with Gasteiger partial charge in [0.1, 0.15) is 4.60 Å². The molecule has 1 heterocycles. The van der Waals surface area contributed by atoms with Crippen molar-refractivity contribution in [2.45, 2.75) is 0 Å². The number of aliphatic carboxylic acids is 1. The minimum Gasteiger partial charge on any atom is -0.478 e. The Morgan fingerprint density at radius 2 is 2.42 bits per heavy atom. The van der Waals surface area contributed by atoms with E-state index in [9.17, 15) is 4.79 Å². The number of hydrogen-bond donors (Lipinski definition) is 1. The molecule has 1 rings (SSSR count). The van der Waals surface area contributed by atoms with E-state index in [-0.39, 0.29) is 5.57 Å². The number of halogens is 1. The van der Waals surface area contributed by atoms with Crippen molar-refractivity contribution in [1.82, 2.24) is 9.78 Å². The summed E-state index contributed by atoms with van der Waals surface area (Å²) in [6.45, 7) is 3.42. The van der Waals surface area contributed by atoms with Gasteiger partial charge in [-0.3, -0.25) is 4.68 Å². The van der Waals surface area contributed by atoms with Gasteiger partial charge in [0, 0.05) is 7.05 Å². The average Bonchev–Trinajstić information content (AvgIpc) is 2.28. The van der Waals surface area contributed by atoms with Crippen LogP contribution in [0.25, 0.3) is 5.57 Å². The van der Waals surface area contributed by atoms with Crippen molar-refractivity contribution in [3.63, 3.8) is 0 Å². The van der Waals surface area contributed by atoms with Gasteiger partial charge in [-0.25, -0.2) is 4.79 Å². The van der Waals surface area contributed by atoms with E-state index in [0.717, 1.165) is 0 Å². The first-order valence-corrected chi connectivity index (χ1v) is 3.94. The Balaban J connectivity index is 3.11. The maximum Gasteiger partial charge on any atom is 0.337 e. The molecule has 0 saturated heterocycles. The van der Waals surface area contributed by atoms with E-state index < -0.39 is 5.97 Å². The number of carboxylic acid groups (broad SMARTS) is 1. The van der Waals surface area contributed by atoms with Gasteiger partial charge in [-0.15, -0.1) is 0 Å². The first-order valence-electron chi connectivity index (χ1n) is 3.14. The van der Waals surface area contributed by atoms with Crippen LogP contribution in [0.2, 0.25) is 0 Å². The molecule has 0 radical (unpaired) electrons. The van der Waals surface area contributed by atoms with Gasteiger partial charge in [-0.05, 0) is 22.0 Å². The quantitative estimate of drug-likeness (QED) is 0.780. The van der Waals surface area contributed by atoms with Crippen LogP contribution in [0, 0.1) is 0 Å². The molecular weight excluding hydrogens is 224 g/mol. The second kappa shape index (κ2) is 3.10. The Morgan fingerprint density at radius 1 is 1.83 bits per heavy atom. The minimum absolute atomic E-state index is 0.0377. The number of nitrogens with zero attached hydrogens (tertiary/aromatic N) is 2. The van der Waals surface area contributed by atoms with Gasteiger partial charge in [-0.2, -0.15) is 5.10 Å². The molecule has 0 unspecified atom stereocenters. The molecule has 0 spiro atoms. The van der Waals surface area contributed by atoms with Gasteiger partial charge in [0.05, 0.1) is 11.3 Å². The molecule has 1 N–H and O–H groups in total. The third kappa shape index (κ3) is 1.55. The highest BCUT2D eigenvalue weighted by Crippen LogP contribution is 2.16. The van der Waals surface area contributed by atoms with E-state index in [2.05, 4.69) is 27.6 Å². The summed E-state index contributed by atoms with van der Waals surface area (Å²) >= 11 is 3.13. The number of hydrogen-bond acceptors (Lipinski definition) is 2. The average molecular weight is 231 g/mol. The molecule has 64 valence electrons. The molecule has 4 nitrogen and oxygen atoms in total. The SMILES string of the molecule is C=C(C(=O)O)c1cc(Br)nn1C. The van der Waals surface area contributed by atoms with Gasteiger partial charge >= 0.3 is 5.97 Å². The van der Waals surface area contributed by atoms with Crippen molar-refractivity contribution >= 4 is 27.5 Å². The number of rotatable bonds is 2. The van der Waals surface area contributed by atoms with E-state index in [1.807, 2.05) is 0 Å². The summed E-state index contributed by atoms with van der Waals surface area (Å²) < 4.78 is 2.06. The maximum atomic E-state index is 10.5. The molecule has 1 aromatic heterocycles. The van der Waals surface area contributed by atoms with E-state index in [1.165, 1.54) is 4.68 Å². The summed E-state index contributed by atoms with van der Waals surface area (Å²) in [4.78, 5) is 10.5. The Hall–Kier alpha value is -1.10. The van der Waals surface area contributed by atoms with Gasteiger partial charge in [0.2, 0.25) is 0 Å². The highest BCUT2D eigenvalue weighted by molar-refractivity contribution is 9.10. The van der Waals surface area contributed by atoms with Gasteiger partial charge in [0.25, 0.3) is 0 Å². The molecule has 0 bridgehead atoms. The smallest absolute Gasteiger partial charge is 0.337 e. The number of aryl methyl sites for hydroxylation is 1. The zero-order chi connectivity index (χ0) is 9.30. The Bertz CT molecular complexity index is 343. The van der Waals surface area contributed by atoms with Crippen molar-refractivity contribution in [3.8, 4) is 0 Å². The highest BCUT2D eigenvalue weighted by atomic mass is 79.9. The summed E-state index contributed by atoms with van der Waals surface area (Å²) in [7, 11) is 1.66. The number of carboxylic acids is 1. The Labute approximate surface area is 77.6 Å². The standard InChI is InChI=1S/C7H7BrN2O2/c1-4(7(11)12)5-3-6(8)9-10(5)2/h3H,1H2,2H3,(H,11,12). The van der Waals surface area contributed by atoms with Crippen molar-refractivity contribution in [1.29, 1.82) is 0 Å². The molecule has 0 aliphatic carbocycles. The Morgan fingerprint density at radius 3 is 2.75 bits per heavy atom. The molecule has 0 fully saturated rings. The third-order valence-electron chi connectivity index (χ3n) is 1.42. The summed E-state index contributed by atoms with van der Waals surface area (Å²) in [5.41, 5.74) is 0.532. The number of carbonyl (C=O) groups is 1. The normalized spacial score (nSPS) is 9.83. The molecule has 0 saturated carbocycles. The van der Waals surface area contributed by atoms with Gasteiger partial charge < -0.3 is 5.11 Å². The van der Waals surface area contributed by atoms with E-state index in [0.29, 0.717) is 10.3 Å². The monoisotopic (exact) mass is 230 g/mol. The highest BCUT2D eigenvalue weighted by Gasteiger charge is 2.12. The second-order valence-corrected chi connectivity index (χ2v) is 3.07. The topological polar surface area (TPSA) is 55.1 Å². The van der Waals surface area contributed by atoms with Crippen molar-refractivity contribution in [2.75, 3.05) is 0 Å². The summed E-state index contributed by atoms with van der Waals surface area (Å²) in [5, 5.41) is 12.5. The molecule has 0 aromatic carbocycles. The van der Waals surface area contributed by atoms with Crippen LogP contribution in [0.15, 0.2) is 17.2 Å². The van der Waals surface area contributed by atoms with Gasteiger partial charge in [0.15, 0.2) is 0 Å². The van der Waals surface area contributed by atoms with Crippen molar-refractivity contribution < 1.29 is 9.90 Å². The molecule has 5 heteroatoms. The third-order valence-corrected chi connectivity index (χ3v) is 1.80. The molecule has 0 aliphatic rings. The van der Waals surface area contributed by atoms with Crippen LogP contribution in [0.3, 0.4) is 0 Å². The van der Waals surface area contributed by atoms with E-state index >= 15 is 0 Å². The summed E-state index contributed by atoms with van der Waals surface area (Å²) in [5.74, 6) is -1.04. The predicted molar refractivity (Wildman–Crippen MR) is 47.6 cm³/mol. The van der Waals surface area contributed by atoms with Crippen LogP contribution < -0.4 is 0 Å². The minimum atomic E-state index is -1.04.